The third-order valence-corrected chi connectivity index (χ3v) is 4.64. The molecule has 9 heteroatoms. The van der Waals surface area contributed by atoms with E-state index in [-0.39, 0.29) is 11.5 Å². The van der Waals surface area contributed by atoms with Crippen LogP contribution >= 0.6 is 26.6 Å². The van der Waals surface area contributed by atoms with Gasteiger partial charge >= 0.3 is 0 Å². The number of halogens is 2. The van der Waals surface area contributed by atoms with Crippen molar-refractivity contribution in [1.29, 1.82) is 0 Å². The van der Waals surface area contributed by atoms with Gasteiger partial charge in [0.1, 0.15) is 18.7 Å². The normalized spacial score (nSPS) is 11.6. The second kappa shape index (κ2) is 6.76. The Hall–Kier alpha value is -1.12. The molecule has 0 aliphatic heterocycles. The maximum Gasteiger partial charge on any atom is 0.261 e. The molecule has 21 heavy (non-hydrogen) atoms. The molecule has 1 heterocycles. The Bertz CT molecular complexity index is 733. The number of hydrogen-bond acceptors (Lipinski definition) is 5. The highest BCUT2D eigenvalue weighted by Gasteiger charge is 2.13. The second-order valence-electron chi connectivity index (χ2n) is 4.22. The van der Waals surface area contributed by atoms with Gasteiger partial charge in [-0.25, -0.2) is 18.1 Å². The largest absolute Gasteiger partial charge is 0.484 e. The topological polar surface area (TPSA) is 74.1 Å². The van der Waals surface area contributed by atoms with Crippen molar-refractivity contribution in [3.63, 3.8) is 0 Å². The number of hydrogen-bond donors (Lipinski definition) is 0. The van der Waals surface area contributed by atoms with Gasteiger partial charge in [0.2, 0.25) is 0 Å². The molecule has 114 valence electrons. The van der Waals surface area contributed by atoms with Gasteiger partial charge in [-0.2, -0.15) is 5.10 Å². The fourth-order valence-corrected chi connectivity index (χ4v) is 3.11. The summed E-state index contributed by atoms with van der Waals surface area (Å²) in [6.07, 6.45) is 2.43. The standard InChI is InChI=1S/C12H13BrClN3O3S/c1-2-5-17-12(15-8-16-17)7-20-11-4-3-9(6-10(11)13)21(14,18)19/h3-4,6,8H,2,5,7H2,1H3. The van der Waals surface area contributed by atoms with Crippen LogP contribution in [0.4, 0.5) is 0 Å². The molecule has 1 aromatic heterocycles. The summed E-state index contributed by atoms with van der Waals surface area (Å²) in [6.45, 7) is 3.06. The van der Waals surface area contributed by atoms with Gasteiger partial charge in [-0.05, 0) is 40.5 Å². The summed E-state index contributed by atoms with van der Waals surface area (Å²) in [5, 5.41) is 4.10. The molecular weight excluding hydrogens is 382 g/mol. The maximum atomic E-state index is 11.2. The summed E-state index contributed by atoms with van der Waals surface area (Å²) in [7, 11) is 1.53. The lowest BCUT2D eigenvalue weighted by atomic mass is 10.3. The first-order chi connectivity index (χ1) is 9.91. The molecule has 0 N–H and O–H groups in total. The Labute approximate surface area is 135 Å². The van der Waals surface area contributed by atoms with Crippen LogP contribution in [0.25, 0.3) is 0 Å². The smallest absolute Gasteiger partial charge is 0.261 e. The molecule has 0 spiro atoms. The summed E-state index contributed by atoms with van der Waals surface area (Å²) < 4.78 is 30.4. The number of aryl methyl sites for hydroxylation is 1. The zero-order valence-electron chi connectivity index (χ0n) is 11.2. The van der Waals surface area contributed by atoms with Crippen LogP contribution in [-0.4, -0.2) is 23.2 Å². The second-order valence-corrected chi connectivity index (χ2v) is 7.64. The van der Waals surface area contributed by atoms with Crippen molar-refractivity contribution < 1.29 is 13.2 Å². The Balaban J connectivity index is 2.12. The van der Waals surface area contributed by atoms with Gasteiger partial charge in [-0.3, -0.25) is 0 Å². The SMILES string of the molecule is CCCn1ncnc1COc1ccc(S(=O)(=O)Cl)cc1Br. The number of rotatable bonds is 6. The van der Waals surface area contributed by atoms with Crippen LogP contribution in [-0.2, 0) is 22.2 Å². The minimum Gasteiger partial charge on any atom is -0.484 e. The first-order valence-corrected chi connectivity index (χ1v) is 9.25. The molecule has 0 unspecified atom stereocenters. The van der Waals surface area contributed by atoms with Gasteiger partial charge in [0, 0.05) is 17.2 Å². The lowest BCUT2D eigenvalue weighted by Gasteiger charge is -2.09. The molecule has 2 rings (SSSR count). The molecule has 2 aromatic rings. The van der Waals surface area contributed by atoms with Crippen molar-refractivity contribution in [2.75, 3.05) is 0 Å². The Morgan fingerprint density at radius 1 is 1.43 bits per heavy atom. The van der Waals surface area contributed by atoms with Gasteiger partial charge in [-0.1, -0.05) is 6.92 Å². The molecule has 6 nitrogen and oxygen atoms in total. The average Bonchev–Trinajstić information content (AvgIpc) is 2.84. The van der Waals surface area contributed by atoms with E-state index in [1.165, 1.54) is 18.5 Å². The first-order valence-electron chi connectivity index (χ1n) is 6.15. The van der Waals surface area contributed by atoms with E-state index in [2.05, 4.69) is 26.0 Å². The van der Waals surface area contributed by atoms with Gasteiger partial charge in [0.25, 0.3) is 9.05 Å². The van der Waals surface area contributed by atoms with Crippen LogP contribution in [0.3, 0.4) is 0 Å². The summed E-state index contributed by atoms with van der Waals surface area (Å²) in [4.78, 5) is 4.14. The monoisotopic (exact) mass is 393 g/mol. The van der Waals surface area contributed by atoms with Gasteiger partial charge in [0.15, 0.2) is 5.82 Å². The molecule has 0 aliphatic carbocycles. The van der Waals surface area contributed by atoms with E-state index < -0.39 is 9.05 Å². The van der Waals surface area contributed by atoms with Crippen LogP contribution in [0.5, 0.6) is 5.75 Å². The molecule has 0 radical (unpaired) electrons. The third kappa shape index (κ3) is 4.18. The van der Waals surface area contributed by atoms with Crippen LogP contribution < -0.4 is 4.74 Å². The predicted octanol–water partition coefficient (Wildman–Crippen LogP) is 2.96. The number of ether oxygens (including phenoxy) is 1. The van der Waals surface area contributed by atoms with E-state index in [4.69, 9.17) is 15.4 Å². The third-order valence-electron chi connectivity index (χ3n) is 2.67. The molecular formula is C12H13BrClN3O3S. The fourth-order valence-electron chi connectivity index (χ4n) is 1.69. The van der Waals surface area contributed by atoms with Crippen molar-refractivity contribution >= 4 is 35.7 Å². The maximum absolute atomic E-state index is 11.2. The lowest BCUT2D eigenvalue weighted by molar-refractivity contribution is 0.284. The molecule has 0 saturated carbocycles. The molecule has 0 fully saturated rings. The van der Waals surface area contributed by atoms with E-state index in [9.17, 15) is 8.42 Å². The zero-order chi connectivity index (χ0) is 15.5. The van der Waals surface area contributed by atoms with Crippen molar-refractivity contribution in [3.05, 3.63) is 34.8 Å². The van der Waals surface area contributed by atoms with Gasteiger partial charge in [-0.15, -0.1) is 0 Å². The van der Waals surface area contributed by atoms with E-state index >= 15 is 0 Å². The van der Waals surface area contributed by atoms with Crippen LogP contribution in [0, 0.1) is 0 Å². The van der Waals surface area contributed by atoms with E-state index in [1.54, 1.807) is 10.7 Å². The Morgan fingerprint density at radius 2 is 2.19 bits per heavy atom. The number of benzene rings is 1. The zero-order valence-corrected chi connectivity index (χ0v) is 14.3. The minimum atomic E-state index is -3.75. The summed E-state index contributed by atoms with van der Waals surface area (Å²) in [6, 6.07) is 4.33. The predicted molar refractivity (Wildman–Crippen MR) is 81.8 cm³/mol. The van der Waals surface area contributed by atoms with Crippen LogP contribution in [0.15, 0.2) is 33.9 Å². The summed E-state index contributed by atoms with van der Waals surface area (Å²) in [5.41, 5.74) is 0. The highest BCUT2D eigenvalue weighted by atomic mass is 79.9. The summed E-state index contributed by atoms with van der Waals surface area (Å²) in [5.74, 6) is 1.21. The number of nitrogens with zero attached hydrogens (tertiary/aromatic N) is 3. The first kappa shape index (κ1) is 16.3. The van der Waals surface area contributed by atoms with Crippen LogP contribution in [0.1, 0.15) is 19.2 Å². The van der Waals surface area contributed by atoms with E-state index in [1.807, 2.05) is 6.92 Å². The lowest BCUT2D eigenvalue weighted by Crippen LogP contribution is -2.08. The molecule has 0 atom stereocenters. The minimum absolute atomic E-state index is 0.0116. The molecule has 0 bridgehead atoms. The Morgan fingerprint density at radius 3 is 2.81 bits per heavy atom. The average molecular weight is 395 g/mol. The molecule has 0 aliphatic rings. The summed E-state index contributed by atoms with van der Waals surface area (Å²) >= 11 is 3.26. The van der Waals surface area contributed by atoms with Crippen molar-refractivity contribution in [3.8, 4) is 5.75 Å². The van der Waals surface area contributed by atoms with Crippen LogP contribution in [0.2, 0.25) is 0 Å². The van der Waals surface area contributed by atoms with E-state index in [0.717, 1.165) is 13.0 Å². The van der Waals surface area contributed by atoms with Crippen molar-refractivity contribution in [2.45, 2.75) is 31.4 Å². The highest BCUT2D eigenvalue weighted by Crippen LogP contribution is 2.29. The van der Waals surface area contributed by atoms with E-state index in [0.29, 0.717) is 16.0 Å². The highest BCUT2D eigenvalue weighted by molar-refractivity contribution is 9.10. The Kier molecular flexibility index (Phi) is 5.23. The quantitative estimate of drug-likeness (QED) is 0.704. The van der Waals surface area contributed by atoms with Crippen molar-refractivity contribution in [2.24, 2.45) is 0 Å². The number of aromatic nitrogens is 3. The van der Waals surface area contributed by atoms with Gasteiger partial charge < -0.3 is 4.74 Å². The van der Waals surface area contributed by atoms with Gasteiger partial charge in [0.05, 0.1) is 9.37 Å². The molecule has 1 aromatic carbocycles. The fraction of sp³-hybridized carbons (Fsp3) is 0.333. The molecule has 0 saturated heterocycles. The van der Waals surface area contributed by atoms with Crippen molar-refractivity contribution in [1.82, 2.24) is 14.8 Å². The molecule has 0 amide bonds.